The second-order valence-electron chi connectivity index (χ2n) is 9.31. The molecule has 3 aromatic heterocycles. The molecular formula is C28H31ClN6O4S. The number of aliphatic hydroxyl groups excluding tert-OH is 2. The number of thiophene rings is 1. The Morgan fingerprint density at radius 3 is 2.77 bits per heavy atom. The molecule has 210 valence electrons. The second kappa shape index (κ2) is 12.9. The first-order valence-electron chi connectivity index (χ1n) is 12.9. The number of aromatic nitrogens is 4. The molecule has 12 heteroatoms. The van der Waals surface area contributed by atoms with E-state index in [0.29, 0.717) is 17.6 Å². The summed E-state index contributed by atoms with van der Waals surface area (Å²) in [6.07, 6.45) is 1.08. The van der Waals surface area contributed by atoms with Crippen LogP contribution in [-0.2, 0) is 4.74 Å². The summed E-state index contributed by atoms with van der Waals surface area (Å²) < 4.78 is 13.5. The fraction of sp³-hybridized carbons (Fsp3) is 0.321. The Balaban J connectivity index is 0.000000162. The number of nitrogens with zero attached hydrogens (tertiary/aromatic N) is 4. The molecule has 1 aliphatic rings. The van der Waals surface area contributed by atoms with Gasteiger partial charge >= 0.3 is 0 Å². The molecule has 0 radical (unpaired) electrons. The van der Waals surface area contributed by atoms with Crippen LogP contribution in [0.1, 0.15) is 30.1 Å². The van der Waals surface area contributed by atoms with E-state index in [9.17, 15) is 5.11 Å². The molecule has 5 aromatic rings. The number of hydrogen-bond donors (Lipinski definition) is 4. The highest BCUT2D eigenvalue weighted by Crippen LogP contribution is 2.33. The van der Waals surface area contributed by atoms with Crippen molar-refractivity contribution < 1.29 is 19.7 Å². The lowest BCUT2D eigenvalue weighted by molar-refractivity contribution is -0.0432. The third-order valence-electron chi connectivity index (χ3n) is 6.65. The molecule has 1 aliphatic heterocycles. The largest absolute Gasteiger partial charge is 0.484 e. The number of nitrogens with one attached hydrogen (secondary N) is 1. The highest BCUT2D eigenvalue weighted by atomic mass is 35.5. The topological polar surface area (TPSA) is 141 Å². The van der Waals surface area contributed by atoms with E-state index in [-0.39, 0.29) is 23.8 Å². The SMILES string of the molecule is CNCC[C@H](Oc1cccc2ccccc12)c1cccs1.Nc1nc(Cl)nc2c1ncn2[C@H]1C[C@H](O)[C@@H](CO)O1. The van der Waals surface area contributed by atoms with Crippen LogP contribution in [0.4, 0.5) is 5.82 Å². The Labute approximate surface area is 240 Å². The van der Waals surface area contributed by atoms with E-state index >= 15 is 0 Å². The van der Waals surface area contributed by atoms with Gasteiger partial charge in [-0.3, -0.25) is 4.57 Å². The van der Waals surface area contributed by atoms with Crippen molar-refractivity contribution in [3.05, 3.63) is 76.5 Å². The monoisotopic (exact) mass is 582 g/mol. The highest BCUT2D eigenvalue weighted by Gasteiger charge is 2.35. The number of benzene rings is 2. The van der Waals surface area contributed by atoms with Crippen molar-refractivity contribution in [2.45, 2.75) is 37.4 Å². The molecule has 0 aliphatic carbocycles. The van der Waals surface area contributed by atoms with E-state index in [1.54, 1.807) is 15.9 Å². The van der Waals surface area contributed by atoms with Gasteiger partial charge in [0.05, 0.1) is 19.0 Å². The average Bonchev–Trinajstić information content (AvgIpc) is 3.71. The average molecular weight is 583 g/mol. The van der Waals surface area contributed by atoms with Crippen molar-refractivity contribution in [1.29, 1.82) is 0 Å². The number of hydrogen-bond acceptors (Lipinski definition) is 10. The van der Waals surface area contributed by atoms with E-state index in [4.69, 9.17) is 31.9 Å². The molecule has 0 amide bonds. The zero-order valence-electron chi connectivity index (χ0n) is 21.9. The normalized spacial score (nSPS) is 19.4. The van der Waals surface area contributed by atoms with Crippen LogP contribution in [0.25, 0.3) is 21.9 Å². The lowest BCUT2D eigenvalue weighted by atomic mass is 10.1. The molecule has 4 heterocycles. The maximum absolute atomic E-state index is 9.74. The number of ether oxygens (including phenoxy) is 2. The van der Waals surface area contributed by atoms with Gasteiger partial charge in [-0.25, -0.2) is 4.98 Å². The quantitative estimate of drug-likeness (QED) is 0.197. The molecule has 0 unspecified atom stereocenters. The zero-order valence-corrected chi connectivity index (χ0v) is 23.4. The summed E-state index contributed by atoms with van der Waals surface area (Å²) in [4.78, 5) is 13.3. The Morgan fingerprint density at radius 2 is 2.02 bits per heavy atom. The van der Waals surface area contributed by atoms with E-state index in [1.807, 2.05) is 7.05 Å². The zero-order chi connectivity index (χ0) is 28.1. The van der Waals surface area contributed by atoms with Gasteiger partial charge in [-0.2, -0.15) is 9.97 Å². The predicted molar refractivity (Wildman–Crippen MR) is 157 cm³/mol. The number of nitrogen functional groups attached to an aromatic ring is 1. The van der Waals surface area contributed by atoms with Crippen molar-refractivity contribution in [3.8, 4) is 5.75 Å². The number of nitrogens with two attached hydrogens (primary N) is 1. The Bertz CT molecular complexity index is 1540. The van der Waals surface area contributed by atoms with Crippen LogP contribution in [0.15, 0.2) is 66.3 Å². The van der Waals surface area contributed by atoms with Gasteiger partial charge in [0.25, 0.3) is 0 Å². The Morgan fingerprint density at radius 1 is 1.20 bits per heavy atom. The molecule has 4 atom stereocenters. The molecule has 1 saturated heterocycles. The van der Waals surface area contributed by atoms with Crippen LogP contribution in [0, 0.1) is 0 Å². The fourth-order valence-corrected chi connectivity index (χ4v) is 5.59. The summed E-state index contributed by atoms with van der Waals surface area (Å²) in [5.41, 5.74) is 6.57. The van der Waals surface area contributed by atoms with Crippen molar-refractivity contribution in [2.75, 3.05) is 25.9 Å². The third kappa shape index (κ3) is 6.20. The molecular weight excluding hydrogens is 552 g/mol. The maximum atomic E-state index is 9.74. The van der Waals surface area contributed by atoms with E-state index in [0.717, 1.165) is 18.7 Å². The van der Waals surface area contributed by atoms with Crippen molar-refractivity contribution >= 4 is 50.7 Å². The number of anilines is 1. The van der Waals surface area contributed by atoms with Crippen molar-refractivity contribution in [3.63, 3.8) is 0 Å². The van der Waals surface area contributed by atoms with Gasteiger partial charge < -0.3 is 30.7 Å². The minimum absolute atomic E-state index is 0.0176. The Hall–Kier alpha value is -3.32. The van der Waals surface area contributed by atoms with Gasteiger partial charge in [0.2, 0.25) is 5.28 Å². The van der Waals surface area contributed by atoms with Gasteiger partial charge in [-0.1, -0.05) is 42.5 Å². The third-order valence-corrected chi connectivity index (χ3v) is 7.78. The number of halogens is 1. The predicted octanol–water partition coefficient (Wildman–Crippen LogP) is 4.33. The molecule has 40 heavy (non-hydrogen) atoms. The van der Waals surface area contributed by atoms with Crippen LogP contribution < -0.4 is 15.8 Å². The molecule has 2 aromatic carbocycles. The maximum Gasteiger partial charge on any atom is 0.226 e. The molecule has 0 spiro atoms. The van der Waals surface area contributed by atoms with E-state index in [1.165, 1.54) is 22.0 Å². The Kier molecular flexibility index (Phi) is 9.10. The van der Waals surface area contributed by atoms with Crippen molar-refractivity contribution in [2.24, 2.45) is 0 Å². The second-order valence-corrected chi connectivity index (χ2v) is 10.6. The fourth-order valence-electron chi connectivity index (χ4n) is 4.63. The summed E-state index contributed by atoms with van der Waals surface area (Å²) in [5.74, 6) is 1.15. The molecule has 5 N–H and O–H groups in total. The summed E-state index contributed by atoms with van der Waals surface area (Å²) in [6.45, 7) is 0.690. The van der Waals surface area contributed by atoms with Crippen LogP contribution in [0.3, 0.4) is 0 Å². The summed E-state index contributed by atoms with van der Waals surface area (Å²) in [6, 6.07) is 18.8. The minimum atomic E-state index is -0.734. The van der Waals surface area contributed by atoms with E-state index < -0.39 is 18.4 Å². The summed E-state index contributed by atoms with van der Waals surface area (Å²) in [5, 5.41) is 26.5. The van der Waals surface area contributed by atoms with E-state index in [2.05, 4.69) is 80.2 Å². The lowest BCUT2D eigenvalue weighted by Gasteiger charge is -2.19. The first-order chi connectivity index (χ1) is 19.5. The van der Waals surface area contributed by atoms with Gasteiger partial charge in [0, 0.05) is 23.1 Å². The van der Waals surface area contributed by atoms with Crippen LogP contribution in [0.5, 0.6) is 5.75 Å². The number of imidazole rings is 1. The van der Waals surface area contributed by atoms with Crippen LogP contribution in [0.2, 0.25) is 5.28 Å². The van der Waals surface area contributed by atoms with Gasteiger partial charge in [0.1, 0.15) is 29.7 Å². The standard InChI is InChI=1S/C18H19NOS.C10H12ClN5O3/c1-19-12-11-17(18-10-5-13-21-18)20-16-9-4-7-14-6-2-3-8-15(14)16;11-10-14-8(12)7-9(15-10)16(3-13-7)6-1-4(18)5(2-17)19-6/h2-10,13,17,19H,11-12H2,1H3;3-6,17-18H,1-2H2,(H2,12,14,15)/t17-;4-,5+,6+/m00/s1. The first-order valence-corrected chi connectivity index (χ1v) is 14.2. The van der Waals surface area contributed by atoms with Crippen molar-refractivity contribution in [1.82, 2.24) is 24.8 Å². The number of fused-ring (bicyclic) bond motifs is 2. The smallest absolute Gasteiger partial charge is 0.226 e. The van der Waals surface area contributed by atoms with Gasteiger partial charge in [-0.05, 0) is 48.1 Å². The van der Waals surface area contributed by atoms with Crippen LogP contribution in [-0.4, -0.2) is 62.1 Å². The lowest BCUT2D eigenvalue weighted by Crippen LogP contribution is -2.24. The number of rotatable bonds is 8. The first kappa shape index (κ1) is 28.2. The van der Waals surface area contributed by atoms with Gasteiger partial charge in [-0.15, -0.1) is 11.3 Å². The summed E-state index contributed by atoms with van der Waals surface area (Å²) in [7, 11) is 1.98. The molecule has 0 bridgehead atoms. The number of aliphatic hydroxyl groups is 2. The molecule has 0 saturated carbocycles. The highest BCUT2D eigenvalue weighted by molar-refractivity contribution is 7.10. The molecule has 6 rings (SSSR count). The molecule has 10 nitrogen and oxygen atoms in total. The molecule has 1 fully saturated rings. The summed E-state index contributed by atoms with van der Waals surface area (Å²) >= 11 is 7.52. The minimum Gasteiger partial charge on any atom is -0.484 e. The van der Waals surface area contributed by atoms with Crippen LogP contribution >= 0.6 is 22.9 Å². The van der Waals surface area contributed by atoms with Gasteiger partial charge in [0.15, 0.2) is 11.5 Å².